The Hall–Kier alpha value is -3.41. The van der Waals surface area contributed by atoms with E-state index < -0.39 is 0 Å². The molecule has 1 aromatic carbocycles. The Balaban J connectivity index is 1.39. The number of hydrogen-bond donors (Lipinski definition) is 2. The number of benzene rings is 1. The molecular weight excluding hydrogens is 374 g/mol. The zero-order valence-corrected chi connectivity index (χ0v) is 17.1. The van der Waals surface area contributed by atoms with Gasteiger partial charge in [0.25, 0.3) is 0 Å². The first-order chi connectivity index (χ1) is 14.8. The second-order valence-corrected chi connectivity index (χ2v) is 7.93. The van der Waals surface area contributed by atoms with E-state index in [-0.39, 0.29) is 0 Å². The quantitative estimate of drug-likeness (QED) is 0.439. The summed E-state index contributed by atoms with van der Waals surface area (Å²) in [6.45, 7) is 2.04. The summed E-state index contributed by atoms with van der Waals surface area (Å²) in [5.41, 5.74) is 3.89. The first kappa shape index (κ1) is 18.6. The van der Waals surface area contributed by atoms with Crippen molar-refractivity contribution in [1.82, 2.24) is 20.2 Å². The van der Waals surface area contributed by atoms with Gasteiger partial charge in [-0.05, 0) is 55.7 Å². The average Bonchev–Trinajstić information content (AvgIpc) is 3.19. The Morgan fingerprint density at radius 2 is 1.80 bits per heavy atom. The van der Waals surface area contributed by atoms with Crippen LogP contribution in [0, 0.1) is 6.92 Å². The summed E-state index contributed by atoms with van der Waals surface area (Å²) < 4.78 is 6.23. The van der Waals surface area contributed by atoms with Crippen LogP contribution in [0.15, 0.2) is 54.9 Å². The number of hydrogen-bond acceptors (Lipinski definition) is 5. The molecule has 0 spiro atoms. The molecule has 0 aliphatic heterocycles. The third-order valence-corrected chi connectivity index (χ3v) is 5.66. The molecule has 0 amide bonds. The molecule has 3 heterocycles. The Morgan fingerprint density at radius 3 is 2.57 bits per heavy atom. The smallest absolute Gasteiger partial charge is 0.161 e. The van der Waals surface area contributed by atoms with Crippen LogP contribution in [0.25, 0.3) is 22.3 Å². The summed E-state index contributed by atoms with van der Waals surface area (Å²) >= 11 is 0. The summed E-state index contributed by atoms with van der Waals surface area (Å²) in [7, 11) is 0. The van der Waals surface area contributed by atoms with Crippen molar-refractivity contribution < 1.29 is 4.74 Å². The number of anilines is 1. The fourth-order valence-electron chi connectivity index (χ4n) is 4.01. The highest BCUT2D eigenvalue weighted by Crippen LogP contribution is 2.34. The first-order valence-electron chi connectivity index (χ1n) is 10.6. The number of aryl methyl sites for hydroxylation is 1. The molecule has 152 valence electrons. The van der Waals surface area contributed by atoms with Crippen LogP contribution in [-0.2, 0) is 0 Å². The van der Waals surface area contributed by atoms with E-state index in [1.807, 2.05) is 49.5 Å². The molecule has 6 heteroatoms. The number of H-pyrrole nitrogens is 1. The van der Waals surface area contributed by atoms with E-state index in [0.717, 1.165) is 45.2 Å². The van der Waals surface area contributed by atoms with E-state index in [0.29, 0.717) is 6.04 Å². The van der Waals surface area contributed by atoms with Crippen LogP contribution in [-0.4, -0.2) is 26.2 Å². The zero-order chi connectivity index (χ0) is 20.3. The van der Waals surface area contributed by atoms with E-state index in [4.69, 9.17) is 4.74 Å². The van der Waals surface area contributed by atoms with Crippen molar-refractivity contribution in [3.63, 3.8) is 0 Å². The molecule has 3 aromatic heterocycles. The first-order valence-corrected chi connectivity index (χ1v) is 10.6. The van der Waals surface area contributed by atoms with Crippen molar-refractivity contribution in [2.75, 3.05) is 5.32 Å². The molecule has 0 bridgehead atoms. The summed E-state index contributed by atoms with van der Waals surface area (Å²) in [5, 5.41) is 12.0. The van der Waals surface area contributed by atoms with Gasteiger partial charge in [0.15, 0.2) is 11.5 Å². The van der Waals surface area contributed by atoms with E-state index in [9.17, 15) is 0 Å². The molecule has 0 radical (unpaired) electrons. The lowest BCUT2D eigenvalue weighted by atomic mass is 9.95. The van der Waals surface area contributed by atoms with Crippen molar-refractivity contribution in [3.05, 3.63) is 60.4 Å². The van der Waals surface area contributed by atoms with Crippen molar-refractivity contribution in [1.29, 1.82) is 0 Å². The molecule has 2 N–H and O–H groups in total. The Labute approximate surface area is 175 Å². The predicted octanol–water partition coefficient (Wildman–Crippen LogP) is 5.87. The highest BCUT2D eigenvalue weighted by molar-refractivity contribution is 5.93. The second-order valence-electron chi connectivity index (χ2n) is 7.93. The third kappa shape index (κ3) is 3.85. The van der Waals surface area contributed by atoms with Gasteiger partial charge in [0, 0.05) is 30.1 Å². The largest absolute Gasteiger partial charge is 0.456 e. The Morgan fingerprint density at radius 1 is 0.967 bits per heavy atom. The molecule has 1 fully saturated rings. The minimum Gasteiger partial charge on any atom is -0.456 e. The lowest BCUT2D eigenvalue weighted by Gasteiger charge is -2.22. The topological polar surface area (TPSA) is 75.7 Å². The molecule has 1 aliphatic carbocycles. The molecular formula is C24H25N5O. The predicted molar refractivity (Wildman–Crippen MR) is 119 cm³/mol. The van der Waals surface area contributed by atoms with Crippen LogP contribution >= 0.6 is 0 Å². The standard InChI is InChI=1S/C24H25N5O/c1-16-7-12-20(26-15-16)17-8-10-19(11-9-17)30-21-13-14-25-23-22(21)24(29-28-23)27-18-5-3-2-4-6-18/h7-15,18H,2-6H2,1H3,(H2,25,27,28,29). The number of pyridine rings is 2. The van der Waals surface area contributed by atoms with Gasteiger partial charge >= 0.3 is 0 Å². The van der Waals surface area contributed by atoms with Crippen LogP contribution < -0.4 is 10.1 Å². The second kappa shape index (κ2) is 8.14. The summed E-state index contributed by atoms with van der Waals surface area (Å²) in [6, 6.07) is 14.4. The number of ether oxygens (including phenoxy) is 1. The monoisotopic (exact) mass is 399 g/mol. The fraction of sp³-hybridized carbons (Fsp3) is 0.292. The zero-order valence-electron chi connectivity index (χ0n) is 17.1. The minimum absolute atomic E-state index is 0.458. The highest BCUT2D eigenvalue weighted by atomic mass is 16.5. The molecule has 6 nitrogen and oxygen atoms in total. The van der Waals surface area contributed by atoms with Gasteiger partial charge < -0.3 is 10.1 Å². The van der Waals surface area contributed by atoms with E-state index in [2.05, 4.69) is 31.5 Å². The van der Waals surface area contributed by atoms with E-state index >= 15 is 0 Å². The minimum atomic E-state index is 0.458. The fourth-order valence-corrected chi connectivity index (χ4v) is 4.01. The molecule has 0 unspecified atom stereocenters. The lowest BCUT2D eigenvalue weighted by molar-refractivity contribution is 0.461. The molecule has 5 rings (SSSR count). The summed E-state index contributed by atoms with van der Waals surface area (Å²) in [4.78, 5) is 8.91. The number of nitrogens with one attached hydrogen (secondary N) is 2. The normalized spacial score (nSPS) is 14.7. The van der Waals surface area contributed by atoms with Gasteiger partial charge in [-0.3, -0.25) is 10.1 Å². The van der Waals surface area contributed by atoms with Gasteiger partial charge in [0.2, 0.25) is 0 Å². The number of aromatic nitrogens is 4. The van der Waals surface area contributed by atoms with Gasteiger partial charge in [-0.1, -0.05) is 25.3 Å². The maximum Gasteiger partial charge on any atom is 0.161 e. The van der Waals surface area contributed by atoms with Crippen LogP contribution in [0.2, 0.25) is 0 Å². The molecule has 0 atom stereocenters. The Bertz CT molecular complexity index is 1130. The maximum atomic E-state index is 6.23. The average molecular weight is 399 g/mol. The van der Waals surface area contributed by atoms with Crippen LogP contribution in [0.1, 0.15) is 37.7 Å². The lowest BCUT2D eigenvalue weighted by Crippen LogP contribution is -2.22. The van der Waals surface area contributed by atoms with Gasteiger partial charge in [-0.2, -0.15) is 5.10 Å². The molecule has 1 saturated carbocycles. The van der Waals surface area contributed by atoms with E-state index in [1.54, 1.807) is 6.20 Å². The Kier molecular flexibility index (Phi) is 5.05. The van der Waals surface area contributed by atoms with E-state index in [1.165, 1.54) is 32.1 Å². The summed E-state index contributed by atoms with van der Waals surface area (Å²) in [5.74, 6) is 2.33. The number of nitrogens with zero attached hydrogens (tertiary/aromatic N) is 3. The van der Waals surface area contributed by atoms with Gasteiger partial charge in [0.1, 0.15) is 16.9 Å². The van der Waals surface area contributed by atoms with Crippen LogP contribution in [0.4, 0.5) is 5.82 Å². The van der Waals surface area contributed by atoms with Crippen molar-refractivity contribution in [2.24, 2.45) is 0 Å². The molecule has 4 aromatic rings. The molecule has 30 heavy (non-hydrogen) atoms. The molecule has 0 saturated heterocycles. The SMILES string of the molecule is Cc1ccc(-c2ccc(Oc3ccnc4[nH]nc(NC5CCCCC5)c34)cc2)nc1. The van der Waals surface area contributed by atoms with Gasteiger partial charge in [-0.15, -0.1) is 0 Å². The van der Waals surface area contributed by atoms with Gasteiger partial charge in [-0.25, -0.2) is 4.98 Å². The molecule has 1 aliphatic rings. The van der Waals surface area contributed by atoms with Crippen molar-refractivity contribution >= 4 is 16.9 Å². The van der Waals surface area contributed by atoms with Crippen LogP contribution in [0.3, 0.4) is 0 Å². The third-order valence-electron chi connectivity index (χ3n) is 5.66. The maximum absolute atomic E-state index is 6.23. The van der Waals surface area contributed by atoms with Crippen molar-refractivity contribution in [2.45, 2.75) is 45.1 Å². The number of fused-ring (bicyclic) bond motifs is 1. The van der Waals surface area contributed by atoms with Gasteiger partial charge in [0.05, 0.1) is 5.69 Å². The highest BCUT2D eigenvalue weighted by Gasteiger charge is 2.18. The summed E-state index contributed by atoms with van der Waals surface area (Å²) in [6.07, 6.45) is 9.84. The number of rotatable bonds is 5. The number of aromatic amines is 1. The van der Waals surface area contributed by atoms with Crippen molar-refractivity contribution in [3.8, 4) is 22.8 Å². The van der Waals surface area contributed by atoms with Crippen LogP contribution in [0.5, 0.6) is 11.5 Å².